The SMILES string of the molecule is C[C@@H](O)[C@@H](N=S(=O)=O)c1ccccc1.Cc1cc(C)cc(C)c1. The zero-order valence-corrected chi connectivity index (χ0v) is 14.7. The minimum Gasteiger partial charge on any atom is -0.391 e. The van der Waals surface area contributed by atoms with E-state index in [4.69, 9.17) is 0 Å². The Bertz CT molecular complexity index is 695. The molecule has 0 radical (unpaired) electrons. The van der Waals surface area contributed by atoms with E-state index in [1.807, 2.05) is 6.07 Å². The van der Waals surface area contributed by atoms with Gasteiger partial charge in [0.1, 0.15) is 6.04 Å². The highest BCUT2D eigenvalue weighted by molar-refractivity contribution is 7.61. The number of aliphatic hydroxyl groups excluding tert-OH is 1. The van der Waals surface area contributed by atoms with Crippen molar-refractivity contribution in [2.24, 2.45) is 4.36 Å². The highest BCUT2D eigenvalue weighted by Gasteiger charge is 2.16. The van der Waals surface area contributed by atoms with Crippen molar-refractivity contribution in [3.05, 3.63) is 70.8 Å². The van der Waals surface area contributed by atoms with Gasteiger partial charge in [-0.2, -0.15) is 12.8 Å². The Labute approximate surface area is 139 Å². The quantitative estimate of drug-likeness (QED) is 0.929. The molecular weight excluding hydrogens is 310 g/mol. The van der Waals surface area contributed by atoms with E-state index in [0.29, 0.717) is 5.56 Å². The first-order valence-electron chi connectivity index (χ1n) is 7.37. The summed E-state index contributed by atoms with van der Waals surface area (Å²) >= 11 is 0. The summed E-state index contributed by atoms with van der Waals surface area (Å²) in [5.74, 6) is 0. The van der Waals surface area contributed by atoms with Crippen molar-refractivity contribution in [3.8, 4) is 0 Å². The van der Waals surface area contributed by atoms with Gasteiger partial charge in [-0.3, -0.25) is 0 Å². The number of rotatable bonds is 3. The van der Waals surface area contributed by atoms with Gasteiger partial charge in [0.15, 0.2) is 0 Å². The average molecular weight is 333 g/mol. The fraction of sp³-hybridized carbons (Fsp3) is 0.333. The van der Waals surface area contributed by atoms with Gasteiger partial charge in [-0.05, 0) is 33.3 Å². The lowest BCUT2D eigenvalue weighted by atomic mass is 10.0. The molecule has 0 saturated heterocycles. The third-order valence-corrected chi connectivity index (χ3v) is 3.56. The van der Waals surface area contributed by atoms with E-state index in [9.17, 15) is 13.5 Å². The second kappa shape index (κ2) is 9.22. The fourth-order valence-electron chi connectivity index (χ4n) is 2.37. The minimum atomic E-state index is -2.50. The van der Waals surface area contributed by atoms with E-state index in [-0.39, 0.29) is 0 Å². The van der Waals surface area contributed by atoms with Crippen molar-refractivity contribution in [3.63, 3.8) is 0 Å². The van der Waals surface area contributed by atoms with Gasteiger partial charge >= 0.3 is 10.5 Å². The first-order chi connectivity index (χ1) is 10.8. The number of hydrogen-bond acceptors (Lipinski definition) is 4. The number of aryl methyl sites for hydroxylation is 3. The van der Waals surface area contributed by atoms with Gasteiger partial charge in [0.2, 0.25) is 0 Å². The second-order valence-electron chi connectivity index (χ2n) is 5.58. The van der Waals surface area contributed by atoms with Crippen molar-refractivity contribution >= 4 is 10.5 Å². The molecular formula is C18H23NO3S. The van der Waals surface area contributed by atoms with E-state index in [1.165, 1.54) is 23.6 Å². The van der Waals surface area contributed by atoms with Crippen molar-refractivity contribution in [1.82, 2.24) is 0 Å². The molecule has 0 aliphatic rings. The molecule has 124 valence electrons. The Morgan fingerprint density at radius 1 is 0.913 bits per heavy atom. The van der Waals surface area contributed by atoms with Gasteiger partial charge in [-0.1, -0.05) is 65.2 Å². The van der Waals surface area contributed by atoms with Crippen LogP contribution in [0.4, 0.5) is 0 Å². The molecule has 0 saturated carbocycles. The molecule has 0 spiro atoms. The highest BCUT2D eigenvalue weighted by Crippen LogP contribution is 2.20. The van der Waals surface area contributed by atoms with E-state index in [2.05, 4.69) is 43.3 Å². The first kappa shape index (κ1) is 19.1. The molecule has 0 aliphatic heterocycles. The largest absolute Gasteiger partial charge is 0.391 e. The second-order valence-corrected chi connectivity index (χ2v) is 6.23. The van der Waals surface area contributed by atoms with Crippen LogP contribution in [0.3, 0.4) is 0 Å². The smallest absolute Gasteiger partial charge is 0.311 e. The lowest BCUT2D eigenvalue weighted by Gasteiger charge is -2.12. The number of benzene rings is 2. The molecule has 1 N–H and O–H groups in total. The standard InChI is InChI=1S/C9H11NO3S.C9H12/c1-7(11)9(10-14(12)13)8-5-3-2-4-6-8;1-7-4-8(2)6-9(3)5-7/h2-7,9,11H,1H3;4-6H,1-3H3/t7-,9-;/m1./s1. The van der Waals surface area contributed by atoms with E-state index < -0.39 is 22.6 Å². The highest BCUT2D eigenvalue weighted by atomic mass is 32.2. The van der Waals surface area contributed by atoms with E-state index in [1.54, 1.807) is 24.3 Å². The van der Waals surface area contributed by atoms with Crippen molar-refractivity contribution < 1.29 is 13.5 Å². The first-order valence-corrected chi connectivity index (χ1v) is 8.41. The zero-order valence-electron chi connectivity index (χ0n) is 13.9. The summed E-state index contributed by atoms with van der Waals surface area (Å²) in [6.45, 7) is 7.88. The van der Waals surface area contributed by atoms with Gasteiger partial charge in [0.25, 0.3) is 0 Å². The molecule has 0 aromatic heterocycles. The molecule has 2 rings (SSSR count). The zero-order chi connectivity index (χ0) is 17.4. The molecule has 0 fully saturated rings. The van der Waals surface area contributed by atoms with Crippen molar-refractivity contribution in [2.45, 2.75) is 39.8 Å². The van der Waals surface area contributed by atoms with Crippen LogP contribution in [0.5, 0.6) is 0 Å². The van der Waals surface area contributed by atoms with Crippen LogP contribution in [0.15, 0.2) is 52.9 Å². The van der Waals surface area contributed by atoms with Crippen molar-refractivity contribution in [1.29, 1.82) is 0 Å². The molecule has 0 unspecified atom stereocenters. The predicted octanol–water partition coefficient (Wildman–Crippen LogP) is 3.78. The maximum absolute atomic E-state index is 10.4. The lowest BCUT2D eigenvalue weighted by Crippen LogP contribution is -2.12. The predicted molar refractivity (Wildman–Crippen MR) is 92.9 cm³/mol. The summed E-state index contributed by atoms with van der Waals surface area (Å²) in [4.78, 5) is 0. The molecule has 2 atom stereocenters. The molecule has 0 heterocycles. The number of hydrogen-bond donors (Lipinski definition) is 1. The fourth-order valence-corrected chi connectivity index (χ4v) is 2.86. The van der Waals surface area contributed by atoms with Gasteiger partial charge in [0.05, 0.1) is 6.10 Å². The van der Waals surface area contributed by atoms with Crippen LogP contribution in [-0.4, -0.2) is 19.6 Å². The van der Waals surface area contributed by atoms with Crippen LogP contribution in [0, 0.1) is 20.8 Å². The van der Waals surface area contributed by atoms with Crippen LogP contribution in [0.1, 0.15) is 35.2 Å². The summed E-state index contributed by atoms with van der Waals surface area (Å²) < 4.78 is 24.2. The third-order valence-electron chi connectivity index (χ3n) is 3.16. The Morgan fingerprint density at radius 3 is 1.70 bits per heavy atom. The molecule has 0 aliphatic carbocycles. The summed E-state index contributed by atoms with van der Waals surface area (Å²) in [5, 5.41) is 9.35. The summed E-state index contributed by atoms with van der Waals surface area (Å²) in [6, 6.07) is 14.7. The topological polar surface area (TPSA) is 66.7 Å². The van der Waals surface area contributed by atoms with Gasteiger partial charge in [0, 0.05) is 0 Å². The Balaban J connectivity index is 0.000000253. The molecule has 23 heavy (non-hydrogen) atoms. The molecule has 2 aromatic rings. The van der Waals surface area contributed by atoms with Crippen LogP contribution < -0.4 is 0 Å². The van der Waals surface area contributed by atoms with Crippen LogP contribution >= 0.6 is 0 Å². The maximum Gasteiger partial charge on any atom is 0.311 e. The van der Waals surface area contributed by atoms with Crippen LogP contribution in [0.25, 0.3) is 0 Å². The van der Waals surface area contributed by atoms with Crippen molar-refractivity contribution in [2.75, 3.05) is 0 Å². The molecule has 0 bridgehead atoms. The average Bonchev–Trinajstić information content (AvgIpc) is 2.44. The van der Waals surface area contributed by atoms with Crippen LogP contribution in [0.2, 0.25) is 0 Å². The summed E-state index contributed by atoms with van der Waals surface area (Å²) in [6.07, 6.45) is -0.824. The molecule has 2 aromatic carbocycles. The molecule has 5 heteroatoms. The third kappa shape index (κ3) is 7.21. The Hall–Kier alpha value is -1.98. The van der Waals surface area contributed by atoms with Gasteiger partial charge in [-0.25, -0.2) is 0 Å². The van der Waals surface area contributed by atoms with Gasteiger partial charge < -0.3 is 5.11 Å². The van der Waals surface area contributed by atoms with Gasteiger partial charge in [-0.15, -0.1) is 0 Å². The Morgan fingerprint density at radius 2 is 1.35 bits per heavy atom. The monoisotopic (exact) mass is 333 g/mol. The summed E-state index contributed by atoms with van der Waals surface area (Å²) in [5.41, 5.74) is 4.75. The minimum absolute atomic E-state index is 0.687. The van der Waals surface area contributed by atoms with E-state index in [0.717, 1.165) is 0 Å². The lowest BCUT2D eigenvalue weighted by molar-refractivity contribution is 0.166. The number of nitrogens with zero attached hydrogens (tertiary/aromatic N) is 1. The molecule has 4 nitrogen and oxygen atoms in total. The summed E-state index contributed by atoms with van der Waals surface area (Å²) in [7, 11) is -2.50. The maximum atomic E-state index is 10.4. The normalized spacial score (nSPS) is 12.6. The van der Waals surface area contributed by atoms with E-state index >= 15 is 0 Å². The Kier molecular flexibility index (Phi) is 7.65. The van der Waals surface area contributed by atoms with Crippen LogP contribution in [-0.2, 0) is 10.5 Å². The number of aliphatic hydroxyl groups is 1. The molecule has 0 amide bonds.